The van der Waals surface area contributed by atoms with Crippen LogP contribution >= 0.6 is 0 Å². The monoisotopic (exact) mass is 218 g/mol. The third-order valence-electron chi connectivity index (χ3n) is 2.71. The fourth-order valence-electron chi connectivity index (χ4n) is 1.90. The van der Waals surface area contributed by atoms with Gasteiger partial charge in [-0.05, 0) is 6.07 Å². The van der Waals surface area contributed by atoms with E-state index in [2.05, 4.69) is 11.0 Å². The maximum absolute atomic E-state index is 9.25. The summed E-state index contributed by atoms with van der Waals surface area (Å²) in [4.78, 5) is 2.09. The Morgan fingerprint density at radius 1 is 1.50 bits per heavy atom. The number of aliphatic hydroxyl groups excluding tert-OH is 1. The molecule has 1 aromatic rings. The Kier molecular flexibility index (Phi) is 3.40. The lowest BCUT2D eigenvalue weighted by molar-refractivity contribution is 0.0763. The molecule has 1 aliphatic heterocycles. The molecule has 0 aliphatic carbocycles. The summed E-state index contributed by atoms with van der Waals surface area (Å²) in [6.45, 7) is 1.89. The van der Waals surface area contributed by atoms with Crippen LogP contribution in [0.25, 0.3) is 0 Å². The maximum Gasteiger partial charge on any atom is 0.161 e. The maximum atomic E-state index is 9.25. The number of ether oxygens (including phenoxy) is 1. The number of anilines is 1. The van der Waals surface area contributed by atoms with Crippen molar-refractivity contribution >= 4 is 5.69 Å². The number of nitriles is 1. The number of nitrogens with zero attached hydrogens (tertiary/aromatic N) is 2. The van der Waals surface area contributed by atoms with E-state index in [4.69, 9.17) is 10.00 Å². The van der Waals surface area contributed by atoms with Gasteiger partial charge in [0.05, 0.1) is 25.8 Å². The third kappa shape index (κ3) is 2.16. The molecule has 1 atom stereocenters. The second-order valence-corrected chi connectivity index (χ2v) is 3.72. The normalized spacial score (nSPS) is 20.5. The molecule has 1 aromatic carbocycles. The van der Waals surface area contributed by atoms with Gasteiger partial charge in [-0.25, -0.2) is 0 Å². The number of hydrogen-bond donors (Lipinski definition) is 1. The van der Waals surface area contributed by atoms with E-state index in [1.807, 2.05) is 24.3 Å². The van der Waals surface area contributed by atoms with Crippen molar-refractivity contribution in [3.8, 4) is 6.07 Å². The van der Waals surface area contributed by atoms with Gasteiger partial charge in [0, 0.05) is 17.8 Å². The molecule has 0 saturated carbocycles. The molecular weight excluding hydrogens is 204 g/mol. The molecule has 16 heavy (non-hydrogen) atoms. The minimum Gasteiger partial charge on any atom is -0.392 e. The average Bonchev–Trinajstić information content (AvgIpc) is 2.38. The number of rotatable bonds is 2. The van der Waals surface area contributed by atoms with Gasteiger partial charge in [-0.15, -0.1) is 0 Å². The van der Waals surface area contributed by atoms with Gasteiger partial charge in [-0.1, -0.05) is 18.2 Å². The fourth-order valence-corrected chi connectivity index (χ4v) is 1.90. The van der Waals surface area contributed by atoms with E-state index < -0.39 is 0 Å². The summed E-state index contributed by atoms with van der Waals surface area (Å²) < 4.78 is 5.29. The van der Waals surface area contributed by atoms with Crippen LogP contribution in [0.1, 0.15) is 5.56 Å². The zero-order valence-corrected chi connectivity index (χ0v) is 8.97. The quantitative estimate of drug-likeness (QED) is 0.801. The van der Waals surface area contributed by atoms with Crippen molar-refractivity contribution in [3.05, 3.63) is 29.8 Å². The molecule has 0 radical (unpaired) electrons. The Morgan fingerprint density at radius 3 is 3.06 bits per heavy atom. The molecule has 1 aliphatic rings. The minimum atomic E-state index is -0.375. The highest BCUT2D eigenvalue weighted by atomic mass is 16.5. The zero-order chi connectivity index (χ0) is 11.4. The van der Waals surface area contributed by atoms with E-state index >= 15 is 0 Å². The van der Waals surface area contributed by atoms with Crippen molar-refractivity contribution in [3.63, 3.8) is 0 Å². The lowest BCUT2D eigenvalue weighted by Gasteiger charge is -2.32. The first kappa shape index (κ1) is 10.9. The number of morpholine rings is 1. The molecule has 1 saturated heterocycles. The van der Waals surface area contributed by atoms with Gasteiger partial charge in [0.15, 0.2) is 6.10 Å². The van der Waals surface area contributed by atoms with Crippen molar-refractivity contribution < 1.29 is 9.84 Å². The van der Waals surface area contributed by atoms with Crippen LogP contribution < -0.4 is 4.90 Å². The highest BCUT2D eigenvalue weighted by molar-refractivity contribution is 5.53. The number of para-hydroxylation sites is 1. The summed E-state index contributed by atoms with van der Waals surface area (Å²) in [5.74, 6) is 0. The molecule has 4 nitrogen and oxygen atoms in total. The standard InChI is InChI=1S/C12H14N2O2/c13-7-11-8-14(5-6-16-11)12-4-2-1-3-10(12)9-15/h1-4,11,15H,5-6,8-9H2. The SMILES string of the molecule is N#CC1CN(c2ccccc2CO)CCO1. The first-order valence-electron chi connectivity index (χ1n) is 5.30. The van der Waals surface area contributed by atoms with Crippen molar-refractivity contribution in [1.29, 1.82) is 5.26 Å². The van der Waals surface area contributed by atoms with Gasteiger partial charge in [0.2, 0.25) is 0 Å². The molecule has 0 amide bonds. The van der Waals surface area contributed by atoms with Crippen LogP contribution in [0.3, 0.4) is 0 Å². The molecule has 1 heterocycles. The molecule has 84 valence electrons. The van der Waals surface area contributed by atoms with E-state index in [0.717, 1.165) is 17.8 Å². The second kappa shape index (κ2) is 4.97. The Balaban J connectivity index is 2.20. The molecule has 1 fully saturated rings. The first-order chi connectivity index (χ1) is 7.85. The van der Waals surface area contributed by atoms with E-state index in [1.165, 1.54) is 0 Å². The van der Waals surface area contributed by atoms with Gasteiger partial charge < -0.3 is 14.7 Å². The van der Waals surface area contributed by atoms with Crippen LogP contribution in [0.5, 0.6) is 0 Å². The summed E-state index contributed by atoms with van der Waals surface area (Å²) in [7, 11) is 0. The molecule has 1 unspecified atom stereocenters. The molecule has 0 aromatic heterocycles. The highest BCUT2D eigenvalue weighted by Gasteiger charge is 2.21. The minimum absolute atomic E-state index is 0.0186. The molecule has 0 bridgehead atoms. The van der Waals surface area contributed by atoms with Crippen LogP contribution in [0.4, 0.5) is 5.69 Å². The van der Waals surface area contributed by atoms with Gasteiger partial charge in [-0.3, -0.25) is 0 Å². The van der Waals surface area contributed by atoms with Crippen molar-refractivity contribution in [2.45, 2.75) is 12.7 Å². The smallest absolute Gasteiger partial charge is 0.161 e. The van der Waals surface area contributed by atoms with Gasteiger partial charge >= 0.3 is 0 Å². The number of hydrogen-bond acceptors (Lipinski definition) is 4. The Hall–Kier alpha value is -1.57. The van der Waals surface area contributed by atoms with E-state index in [9.17, 15) is 5.11 Å². The largest absolute Gasteiger partial charge is 0.392 e. The Bertz CT molecular complexity index is 400. The molecule has 4 heteroatoms. The predicted octanol–water partition coefficient (Wildman–Crippen LogP) is 0.908. The van der Waals surface area contributed by atoms with Gasteiger partial charge in [0.1, 0.15) is 0 Å². The lowest BCUT2D eigenvalue weighted by atomic mass is 10.1. The van der Waals surface area contributed by atoms with Crippen LogP contribution in [-0.4, -0.2) is 30.9 Å². The molecule has 1 N–H and O–H groups in total. The summed E-state index contributed by atoms with van der Waals surface area (Å²) in [5, 5.41) is 18.1. The topological polar surface area (TPSA) is 56.5 Å². The zero-order valence-electron chi connectivity index (χ0n) is 8.97. The number of aliphatic hydroxyl groups is 1. The van der Waals surface area contributed by atoms with Crippen LogP contribution in [0, 0.1) is 11.3 Å². The van der Waals surface area contributed by atoms with Crippen molar-refractivity contribution in [1.82, 2.24) is 0 Å². The van der Waals surface area contributed by atoms with Crippen molar-refractivity contribution in [2.75, 3.05) is 24.6 Å². The summed E-state index contributed by atoms with van der Waals surface area (Å²) in [6.07, 6.45) is -0.375. The second-order valence-electron chi connectivity index (χ2n) is 3.72. The van der Waals surface area contributed by atoms with E-state index in [1.54, 1.807) is 0 Å². The van der Waals surface area contributed by atoms with Crippen LogP contribution in [-0.2, 0) is 11.3 Å². The summed E-state index contributed by atoms with van der Waals surface area (Å²) in [5.41, 5.74) is 1.88. The number of benzene rings is 1. The van der Waals surface area contributed by atoms with Crippen LogP contribution in [0.2, 0.25) is 0 Å². The van der Waals surface area contributed by atoms with Crippen LogP contribution in [0.15, 0.2) is 24.3 Å². The lowest BCUT2D eigenvalue weighted by Crippen LogP contribution is -2.42. The average molecular weight is 218 g/mol. The van der Waals surface area contributed by atoms with Gasteiger partial charge in [0.25, 0.3) is 0 Å². The highest BCUT2D eigenvalue weighted by Crippen LogP contribution is 2.22. The van der Waals surface area contributed by atoms with E-state index in [-0.39, 0.29) is 12.7 Å². The summed E-state index contributed by atoms with van der Waals surface area (Å²) in [6, 6.07) is 9.81. The predicted molar refractivity (Wildman–Crippen MR) is 59.9 cm³/mol. The van der Waals surface area contributed by atoms with Gasteiger partial charge in [-0.2, -0.15) is 5.26 Å². The molecule has 0 spiro atoms. The Morgan fingerprint density at radius 2 is 2.31 bits per heavy atom. The third-order valence-corrected chi connectivity index (χ3v) is 2.71. The first-order valence-corrected chi connectivity index (χ1v) is 5.30. The van der Waals surface area contributed by atoms with Crippen molar-refractivity contribution in [2.24, 2.45) is 0 Å². The molecular formula is C12H14N2O2. The Labute approximate surface area is 94.7 Å². The fraction of sp³-hybridized carbons (Fsp3) is 0.417. The van der Waals surface area contributed by atoms with E-state index in [0.29, 0.717) is 13.2 Å². The molecule has 2 rings (SSSR count). The summed E-state index contributed by atoms with van der Waals surface area (Å²) >= 11 is 0.